The van der Waals surface area contributed by atoms with Crippen LogP contribution in [0.5, 0.6) is 0 Å². The molecule has 1 aromatic heterocycles. The van der Waals surface area contributed by atoms with Crippen molar-refractivity contribution in [3.8, 4) is 0 Å². The monoisotopic (exact) mass is 298 g/mol. The van der Waals surface area contributed by atoms with E-state index in [2.05, 4.69) is 9.88 Å². The van der Waals surface area contributed by atoms with Crippen LogP contribution in [0.2, 0.25) is 0 Å². The van der Waals surface area contributed by atoms with E-state index in [0.717, 1.165) is 55.8 Å². The lowest BCUT2D eigenvalue weighted by molar-refractivity contribution is -0.136. The van der Waals surface area contributed by atoms with Crippen molar-refractivity contribution in [3.63, 3.8) is 0 Å². The molecule has 0 bridgehead atoms. The van der Waals surface area contributed by atoms with Crippen molar-refractivity contribution in [2.24, 2.45) is 5.92 Å². The Morgan fingerprint density at radius 3 is 2.55 bits per heavy atom. The van der Waals surface area contributed by atoms with Gasteiger partial charge in [-0.25, -0.2) is 4.98 Å². The average Bonchev–Trinajstić information content (AvgIpc) is 3.23. The highest BCUT2D eigenvalue weighted by atomic mass is 16.3. The zero-order chi connectivity index (χ0) is 14.9. The molecule has 0 atom stereocenters. The van der Waals surface area contributed by atoms with E-state index in [4.69, 9.17) is 4.42 Å². The van der Waals surface area contributed by atoms with Crippen LogP contribution >= 0.6 is 0 Å². The minimum Gasteiger partial charge on any atom is -0.440 e. The molecule has 1 saturated carbocycles. The molecule has 1 saturated heterocycles. The SMILES string of the molecule is O=C(C1CCCC1)N1CCC(c2nc3ccccc3o2)CC1. The van der Waals surface area contributed by atoms with Gasteiger partial charge < -0.3 is 9.32 Å². The summed E-state index contributed by atoms with van der Waals surface area (Å²) in [4.78, 5) is 19.1. The molecule has 116 valence electrons. The highest BCUT2D eigenvalue weighted by Crippen LogP contribution is 2.32. The lowest BCUT2D eigenvalue weighted by Crippen LogP contribution is -2.40. The van der Waals surface area contributed by atoms with Gasteiger partial charge in [0.05, 0.1) is 0 Å². The quantitative estimate of drug-likeness (QED) is 0.848. The Morgan fingerprint density at radius 1 is 1.09 bits per heavy atom. The molecule has 2 fully saturated rings. The Morgan fingerprint density at radius 2 is 1.82 bits per heavy atom. The second-order valence-corrected chi connectivity index (χ2v) is 6.60. The number of nitrogens with zero attached hydrogens (tertiary/aromatic N) is 2. The van der Waals surface area contributed by atoms with E-state index in [-0.39, 0.29) is 0 Å². The summed E-state index contributed by atoms with van der Waals surface area (Å²) in [5, 5.41) is 0. The fraction of sp³-hybridized carbons (Fsp3) is 0.556. The van der Waals surface area contributed by atoms with Gasteiger partial charge in [0.25, 0.3) is 0 Å². The van der Waals surface area contributed by atoms with Crippen molar-refractivity contribution < 1.29 is 9.21 Å². The molecule has 4 nitrogen and oxygen atoms in total. The molecule has 0 unspecified atom stereocenters. The van der Waals surface area contributed by atoms with Gasteiger partial charge in [-0.1, -0.05) is 25.0 Å². The van der Waals surface area contributed by atoms with Gasteiger partial charge in [-0.3, -0.25) is 4.79 Å². The lowest BCUT2D eigenvalue weighted by atomic mass is 9.95. The van der Waals surface area contributed by atoms with E-state index in [0.29, 0.717) is 17.7 Å². The Hall–Kier alpha value is -1.84. The molecule has 2 heterocycles. The van der Waals surface area contributed by atoms with Gasteiger partial charge in [-0.15, -0.1) is 0 Å². The number of aromatic nitrogens is 1. The molecule has 4 rings (SSSR count). The third-order valence-corrected chi connectivity index (χ3v) is 5.17. The maximum absolute atomic E-state index is 12.5. The van der Waals surface area contributed by atoms with Crippen molar-refractivity contribution in [1.29, 1.82) is 0 Å². The number of carbonyl (C=O) groups excluding carboxylic acids is 1. The number of para-hydroxylation sites is 2. The molecule has 1 amide bonds. The third kappa shape index (κ3) is 2.51. The highest BCUT2D eigenvalue weighted by Gasteiger charge is 2.31. The molecule has 2 aromatic rings. The van der Waals surface area contributed by atoms with Crippen LogP contribution < -0.4 is 0 Å². The van der Waals surface area contributed by atoms with Crippen LogP contribution in [0, 0.1) is 5.92 Å². The summed E-state index contributed by atoms with van der Waals surface area (Å²) < 4.78 is 5.89. The van der Waals surface area contributed by atoms with Crippen molar-refractivity contribution in [2.45, 2.75) is 44.4 Å². The van der Waals surface area contributed by atoms with E-state index in [1.54, 1.807) is 0 Å². The summed E-state index contributed by atoms with van der Waals surface area (Å²) in [6.07, 6.45) is 6.54. The van der Waals surface area contributed by atoms with Gasteiger partial charge in [-0.05, 0) is 37.8 Å². The van der Waals surface area contributed by atoms with Crippen LogP contribution in [0.3, 0.4) is 0 Å². The first kappa shape index (κ1) is 13.8. The number of rotatable bonds is 2. The summed E-state index contributed by atoms with van der Waals surface area (Å²) in [5.41, 5.74) is 1.80. The first-order valence-electron chi connectivity index (χ1n) is 8.45. The summed E-state index contributed by atoms with van der Waals surface area (Å²) in [5.74, 6) is 1.86. The molecule has 1 aromatic carbocycles. The summed E-state index contributed by atoms with van der Waals surface area (Å²) in [6, 6.07) is 7.91. The van der Waals surface area contributed by atoms with Crippen LogP contribution in [0.15, 0.2) is 28.7 Å². The van der Waals surface area contributed by atoms with E-state index in [9.17, 15) is 4.79 Å². The van der Waals surface area contributed by atoms with E-state index >= 15 is 0 Å². The second-order valence-electron chi connectivity index (χ2n) is 6.60. The second kappa shape index (κ2) is 5.75. The Labute approximate surface area is 130 Å². The van der Waals surface area contributed by atoms with Crippen LogP contribution in [0.25, 0.3) is 11.1 Å². The van der Waals surface area contributed by atoms with Crippen LogP contribution in [-0.4, -0.2) is 28.9 Å². The number of hydrogen-bond acceptors (Lipinski definition) is 3. The molecule has 1 aliphatic heterocycles. The third-order valence-electron chi connectivity index (χ3n) is 5.17. The molecular weight excluding hydrogens is 276 g/mol. The number of fused-ring (bicyclic) bond motifs is 1. The number of likely N-dealkylation sites (tertiary alicyclic amines) is 1. The standard InChI is InChI=1S/C18H22N2O2/c21-18(14-5-1-2-6-14)20-11-9-13(10-12-20)17-19-15-7-3-4-8-16(15)22-17/h3-4,7-8,13-14H,1-2,5-6,9-12H2. The molecule has 22 heavy (non-hydrogen) atoms. The Balaban J connectivity index is 1.41. The number of hydrogen-bond donors (Lipinski definition) is 0. The van der Waals surface area contributed by atoms with Crippen LogP contribution in [0.4, 0.5) is 0 Å². The first-order chi connectivity index (χ1) is 10.8. The van der Waals surface area contributed by atoms with E-state index in [1.165, 1.54) is 12.8 Å². The van der Waals surface area contributed by atoms with Gasteiger partial charge in [0.1, 0.15) is 5.52 Å². The fourth-order valence-electron chi connectivity index (χ4n) is 3.84. The van der Waals surface area contributed by atoms with E-state index in [1.807, 2.05) is 24.3 Å². The average molecular weight is 298 g/mol. The number of piperidine rings is 1. The number of amides is 1. The predicted molar refractivity (Wildman–Crippen MR) is 84.5 cm³/mol. The molecule has 0 N–H and O–H groups in total. The van der Waals surface area contributed by atoms with Gasteiger partial charge >= 0.3 is 0 Å². The minimum absolute atomic E-state index is 0.292. The van der Waals surface area contributed by atoms with Gasteiger partial charge in [-0.2, -0.15) is 0 Å². The van der Waals surface area contributed by atoms with Gasteiger partial charge in [0, 0.05) is 24.9 Å². The van der Waals surface area contributed by atoms with Gasteiger partial charge in [0.15, 0.2) is 11.5 Å². The van der Waals surface area contributed by atoms with Crippen molar-refractivity contribution in [1.82, 2.24) is 9.88 Å². The van der Waals surface area contributed by atoms with Crippen molar-refractivity contribution >= 4 is 17.0 Å². The van der Waals surface area contributed by atoms with Crippen molar-refractivity contribution in [2.75, 3.05) is 13.1 Å². The number of benzene rings is 1. The number of carbonyl (C=O) groups is 1. The zero-order valence-electron chi connectivity index (χ0n) is 12.8. The molecule has 0 spiro atoms. The normalized spacial score (nSPS) is 20.8. The maximum atomic E-state index is 12.5. The number of oxazole rings is 1. The van der Waals surface area contributed by atoms with Crippen molar-refractivity contribution in [3.05, 3.63) is 30.2 Å². The fourth-order valence-corrected chi connectivity index (χ4v) is 3.84. The smallest absolute Gasteiger partial charge is 0.225 e. The Bertz CT molecular complexity index is 632. The highest BCUT2D eigenvalue weighted by molar-refractivity contribution is 5.79. The molecule has 0 radical (unpaired) electrons. The van der Waals surface area contributed by atoms with Crippen LogP contribution in [-0.2, 0) is 4.79 Å². The van der Waals surface area contributed by atoms with E-state index < -0.39 is 0 Å². The molecular formula is C18H22N2O2. The molecule has 4 heteroatoms. The topological polar surface area (TPSA) is 46.3 Å². The molecule has 2 aliphatic rings. The predicted octanol–water partition coefficient (Wildman–Crippen LogP) is 3.72. The maximum Gasteiger partial charge on any atom is 0.225 e. The zero-order valence-corrected chi connectivity index (χ0v) is 12.8. The summed E-state index contributed by atoms with van der Waals surface area (Å²) in [6.45, 7) is 1.69. The summed E-state index contributed by atoms with van der Waals surface area (Å²) in [7, 11) is 0. The minimum atomic E-state index is 0.292. The summed E-state index contributed by atoms with van der Waals surface area (Å²) >= 11 is 0. The Kier molecular flexibility index (Phi) is 3.60. The van der Waals surface area contributed by atoms with Gasteiger partial charge in [0.2, 0.25) is 5.91 Å². The van der Waals surface area contributed by atoms with Crippen LogP contribution in [0.1, 0.15) is 50.3 Å². The first-order valence-corrected chi connectivity index (χ1v) is 8.45. The molecule has 1 aliphatic carbocycles. The largest absolute Gasteiger partial charge is 0.440 e. The lowest BCUT2D eigenvalue weighted by Gasteiger charge is -2.32.